The van der Waals surface area contributed by atoms with Gasteiger partial charge in [-0.05, 0) is 49.2 Å². The van der Waals surface area contributed by atoms with Crippen LogP contribution in [0.25, 0.3) is 0 Å². The monoisotopic (exact) mass is 354 g/mol. The second kappa shape index (κ2) is 7.78. The maximum atomic E-state index is 12.1. The zero-order chi connectivity index (χ0) is 16.8. The number of benzene rings is 2. The third kappa shape index (κ3) is 4.80. The highest BCUT2D eigenvalue weighted by molar-refractivity contribution is 8.01. The second-order valence-corrected chi connectivity index (χ2v) is 8.39. The number of carbonyl (C=O) groups excluding carboxylic acids is 1. The lowest BCUT2D eigenvalue weighted by Gasteiger charge is -2.15. The predicted octanol–water partition coefficient (Wildman–Crippen LogP) is 4.09. The largest absolute Gasteiger partial charge is 0.354 e. The number of carbonyl (C=O) groups is 1. The molecule has 0 aromatic heterocycles. The van der Waals surface area contributed by atoms with Crippen LogP contribution in [-0.4, -0.2) is 23.0 Å². The zero-order valence-electron chi connectivity index (χ0n) is 13.2. The Labute approximate surface area is 150 Å². The van der Waals surface area contributed by atoms with E-state index in [0.29, 0.717) is 11.3 Å². The number of nitrogens with zero attached hydrogens (tertiary/aromatic N) is 1. The Kier molecular flexibility index (Phi) is 5.49. The lowest BCUT2D eigenvalue weighted by molar-refractivity contribution is -0.118. The van der Waals surface area contributed by atoms with Gasteiger partial charge >= 0.3 is 0 Å². The standard InChI is InChI=1S/C19H18N2OS2/c20-12-15-6-8-16(9-7-15)23-13-18(22)21-14-19(10-11-19)24-17-4-2-1-3-5-17/h1-9H,10-11,13-14H2,(H,21,22). The van der Waals surface area contributed by atoms with Crippen LogP contribution in [0.4, 0.5) is 0 Å². The maximum absolute atomic E-state index is 12.1. The Balaban J connectivity index is 1.43. The highest BCUT2D eigenvalue weighted by atomic mass is 32.2. The van der Waals surface area contributed by atoms with E-state index in [1.807, 2.05) is 42.1 Å². The molecule has 2 aromatic rings. The normalized spacial score (nSPS) is 14.6. The number of hydrogen-bond donors (Lipinski definition) is 1. The Morgan fingerprint density at radius 1 is 1.08 bits per heavy atom. The van der Waals surface area contributed by atoms with Crippen LogP contribution in [0.1, 0.15) is 18.4 Å². The van der Waals surface area contributed by atoms with E-state index in [4.69, 9.17) is 5.26 Å². The van der Waals surface area contributed by atoms with Gasteiger partial charge in [-0.25, -0.2) is 0 Å². The molecule has 122 valence electrons. The summed E-state index contributed by atoms with van der Waals surface area (Å²) in [5, 5.41) is 11.8. The average molecular weight is 355 g/mol. The molecule has 0 radical (unpaired) electrons. The van der Waals surface area contributed by atoms with Gasteiger partial charge in [0.15, 0.2) is 0 Å². The van der Waals surface area contributed by atoms with Crippen molar-refractivity contribution in [1.29, 1.82) is 5.26 Å². The molecule has 0 heterocycles. The molecule has 1 aliphatic carbocycles. The minimum Gasteiger partial charge on any atom is -0.354 e. The fraction of sp³-hybridized carbons (Fsp3) is 0.263. The van der Waals surface area contributed by atoms with Gasteiger partial charge in [-0.1, -0.05) is 18.2 Å². The molecule has 0 bridgehead atoms. The maximum Gasteiger partial charge on any atom is 0.230 e. The number of hydrogen-bond acceptors (Lipinski definition) is 4. The Hall–Kier alpha value is -1.90. The summed E-state index contributed by atoms with van der Waals surface area (Å²) in [6.07, 6.45) is 2.30. The molecular formula is C19H18N2OS2. The van der Waals surface area contributed by atoms with Gasteiger partial charge < -0.3 is 5.32 Å². The highest BCUT2D eigenvalue weighted by Gasteiger charge is 2.43. The van der Waals surface area contributed by atoms with E-state index in [-0.39, 0.29) is 10.7 Å². The molecule has 3 rings (SSSR count). The van der Waals surface area contributed by atoms with Crippen molar-refractivity contribution in [2.45, 2.75) is 27.4 Å². The van der Waals surface area contributed by atoms with Gasteiger partial charge in [0.05, 0.1) is 17.4 Å². The first-order valence-electron chi connectivity index (χ1n) is 7.83. The number of thioether (sulfide) groups is 2. The molecule has 1 saturated carbocycles. The molecule has 1 N–H and O–H groups in total. The molecule has 3 nitrogen and oxygen atoms in total. The van der Waals surface area contributed by atoms with Gasteiger partial charge in [0.2, 0.25) is 5.91 Å². The van der Waals surface area contributed by atoms with E-state index in [2.05, 4.69) is 23.5 Å². The molecule has 2 aromatic carbocycles. The van der Waals surface area contributed by atoms with Crippen molar-refractivity contribution in [2.75, 3.05) is 12.3 Å². The summed E-state index contributed by atoms with van der Waals surface area (Å²) in [5.41, 5.74) is 0.636. The minimum absolute atomic E-state index is 0.0595. The molecule has 0 atom stereocenters. The third-order valence-electron chi connectivity index (χ3n) is 3.85. The highest BCUT2D eigenvalue weighted by Crippen LogP contribution is 2.51. The van der Waals surface area contributed by atoms with Gasteiger partial charge in [0.1, 0.15) is 0 Å². The SMILES string of the molecule is N#Cc1ccc(SCC(=O)NCC2(Sc3ccccc3)CC2)cc1. The van der Waals surface area contributed by atoms with Crippen molar-refractivity contribution >= 4 is 29.4 Å². The summed E-state index contributed by atoms with van der Waals surface area (Å²) >= 11 is 3.36. The smallest absolute Gasteiger partial charge is 0.230 e. The number of nitriles is 1. The van der Waals surface area contributed by atoms with Crippen molar-refractivity contribution in [2.24, 2.45) is 0 Å². The molecule has 0 unspecified atom stereocenters. The van der Waals surface area contributed by atoms with Gasteiger partial charge in [-0.3, -0.25) is 4.79 Å². The molecule has 1 amide bonds. The van der Waals surface area contributed by atoms with Crippen LogP contribution in [0.5, 0.6) is 0 Å². The van der Waals surface area contributed by atoms with E-state index in [9.17, 15) is 4.79 Å². The van der Waals surface area contributed by atoms with Crippen molar-refractivity contribution < 1.29 is 4.79 Å². The van der Waals surface area contributed by atoms with Crippen molar-refractivity contribution in [3.8, 4) is 6.07 Å². The molecular weight excluding hydrogens is 336 g/mol. The molecule has 1 fully saturated rings. The van der Waals surface area contributed by atoms with Gasteiger partial charge in [-0.2, -0.15) is 5.26 Å². The van der Waals surface area contributed by atoms with Crippen molar-refractivity contribution in [3.63, 3.8) is 0 Å². The Morgan fingerprint density at radius 3 is 2.42 bits per heavy atom. The number of nitrogens with one attached hydrogen (secondary N) is 1. The van der Waals surface area contributed by atoms with Crippen molar-refractivity contribution in [1.82, 2.24) is 5.32 Å². The first-order chi connectivity index (χ1) is 11.7. The van der Waals surface area contributed by atoms with Crippen LogP contribution in [0.15, 0.2) is 64.4 Å². The lowest BCUT2D eigenvalue weighted by Crippen LogP contribution is -2.32. The summed E-state index contributed by atoms with van der Waals surface area (Å²) < 4.78 is 0.177. The van der Waals surface area contributed by atoms with Crippen LogP contribution < -0.4 is 5.32 Å². The van der Waals surface area contributed by atoms with E-state index in [1.54, 1.807) is 12.1 Å². The predicted molar refractivity (Wildman–Crippen MR) is 99.2 cm³/mol. The summed E-state index contributed by atoms with van der Waals surface area (Å²) in [6, 6.07) is 19.7. The minimum atomic E-state index is 0.0595. The first kappa shape index (κ1) is 16.9. The first-order valence-corrected chi connectivity index (χ1v) is 9.63. The number of rotatable bonds is 7. The van der Waals surface area contributed by atoms with E-state index in [0.717, 1.165) is 24.3 Å². The van der Waals surface area contributed by atoms with Crippen LogP contribution >= 0.6 is 23.5 Å². The lowest BCUT2D eigenvalue weighted by atomic mass is 10.2. The van der Waals surface area contributed by atoms with E-state index >= 15 is 0 Å². The fourth-order valence-corrected chi connectivity index (χ4v) is 4.25. The Morgan fingerprint density at radius 2 is 1.79 bits per heavy atom. The van der Waals surface area contributed by atoms with Crippen LogP contribution in [0, 0.1) is 11.3 Å². The Bertz CT molecular complexity index is 734. The van der Waals surface area contributed by atoms with Crippen LogP contribution in [0.2, 0.25) is 0 Å². The summed E-state index contributed by atoms with van der Waals surface area (Å²) in [7, 11) is 0. The fourth-order valence-electron chi connectivity index (χ4n) is 2.28. The topological polar surface area (TPSA) is 52.9 Å². The molecule has 0 saturated heterocycles. The molecule has 1 aliphatic rings. The molecule has 0 spiro atoms. The summed E-state index contributed by atoms with van der Waals surface area (Å²) in [6.45, 7) is 0.722. The number of amides is 1. The van der Waals surface area contributed by atoms with Gasteiger partial charge in [-0.15, -0.1) is 23.5 Å². The van der Waals surface area contributed by atoms with Gasteiger partial charge in [0, 0.05) is 21.1 Å². The molecule has 24 heavy (non-hydrogen) atoms. The van der Waals surface area contributed by atoms with E-state index < -0.39 is 0 Å². The third-order valence-corrected chi connectivity index (χ3v) is 6.35. The summed E-state index contributed by atoms with van der Waals surface area (Å²) in [4.78, 5) is 14.3. The second-order valence-electron chi connectivity index (χ2n) is 5.80. The van der Waals surface area contributed by atoms with E-state index in [1.165, 1.54) is 16.7 Å². The van der Waals surface area contributed by atoms with Crippen LogP contribution in [-0.2, 0) is 4.79 Å². The molecule has 0 aliphatic heterocycles. The summed E-state index contributed by atoms with van der Waals surface area (Å²) in [5.74, 6) is 0.460. The molecule has 5 heteroatoms. The van der Waals surface area contributed by atoms with Crippen LogP contribution in [0.3, 0.4) is 0 Å². The van der Waals surface area contributed by atoms with Crippen molar-refractivity contribution in [3.05, 3.63) is 60.2 Å². The zero-order valence-corrected chi connectivity index (χ0v) is 14.8. The average Bonchev–Trinajstić information content (AvgIpc) is 3.39. The quantitative estimate of drug-likeness (QED) is 0.761. The van der Waals surface area contributed by atoms with Gasteiger partial charge in [0.25, 0.3) is 0 Å².